The van der Waals surface area contributed by atoms with E-state index >= 15 is 0 Å². The topological polar surface area (TPSA) is 60.2 Å². The molecule has 0 unspecified atom stereocenters. The van der Waals surface area contributed by atoms with Crippen LogP contribution in [0.1, 0.15) is 10.4 Å². The molecule has 6 heteroatoms. The van der Waals surface area contributed by atoms with Crippen molar-refractivity contribution in [3.8, 4) is 17.0 Å². The number of benzene rings is 1. The van der Waals surface area contributed by atoms with Gasteiger partial charge in [0.25, 0.3) is 5.91 Å². The number of nitrogens with zero attached hydrogens (tertiary/aromatic N) is 4. The van der Waals surface area contributed by atoms with Crippen LogP contribution in [0.15, 0.2) is 36.5 Å². The molecule has 0 aliphatic heterocycles. The highest BCUT2D eigenvalue weighted by Gasteiger charge is 2.17. The lowest BCUT2D eigenvalue weighted by atomic mass is 10.1. The smallest absolute Gasteiger partial charge is 0.254 e. The van der Waals surface area contributed by atoms with Crippen molar-refractivity contribution in [2.45, 2.75) is 0 Å². The van der Waals surface area contributed by atoms with Gasteiger partial charge in [-0.15, -0.1) is 0 Å². The largest absolute Gasteiger partial charge is 0.497 e. The van der Waals surface area contributed by atoms with Crippen LogP contribution >= 0.6 is 0 Å². The number of fused-ring (bicyclic) bond motifs is 1. The zero-order valence-corrected chi connectivity index (χ0v) is 13.6. The second-order valence-electron chi connectivity index (χ2n) is 5.49. The number of hydrogen-bond acceptors (Lipinski definition) is 4. The van der Waals surface area contributed by atoms with E-state index in [0.717, 1.165) is 22.4 Å². The Hall–Kier alpha value is -2.89. The van der Waals surface area contributed by atoms with Crippen LogP contribution in [0, 0.1) is 0 Å². The first-order valence-corrected chi connectivity index (χ1v) is 7.20. The average Bonchev–Trinajstić information content (AvgIpc) is 2.94. The zero-order chi connectivity index (χ0) is 16.6. The number of aryl methyl sites for hydroxylation is 1. The molecule has 0 saturated heterocycles. The summed E-state index contributed by atoms with van der Waals surface area (Å²) in [5.74, 6) is 0.708. The van der Waals surface area contributed by atoms with Gasteiger partial charge in [-0.25, -0.2) is 4.98 Å². The van der Waals surface area contributed by atoms with Gasteiger partial charge in [0.2, 0.25) is 0 Å². The molecule has 1 aromatic carbocycles. The molecule has 0 aliphatic rings. The number of pyridine rings is 1. The fourth-order valence-electron chi connectivity index (χ4n) is 2.44. The molecular weight excluding hydrogens is 292 g/mol. The standard InChI is InChI=1S/C17H18N4O2/c1-20(2)17(22)13-9-15(11-5-7-12(23-4)8-6-11)19-16-14(13)10-18-21(16)3/h5-10H,1-4H3. The fraction of sp³-hybridized carbons (Fsp3) is 0.235. The number of carbonyl (C=O) groups excluding carboxylic acids is 1. The van der Waals surface area contributed by atoms with Crippen LogP contribution in [0.4, 0.5) is 0 Å². The van der Waals surface area contributed by atoms with Crippen LogP contribution in [0.25, 0.3) is 22.3 Å². The minimum atomic E-state index is -0.0693. The molecule has 3 rings (SSSR count). The van der Waals surface area contributed by atoms with Gasteiger partial charge in [-0.2, -0.15) is 5.10 Å². The van der Waals surface area contributed by atoms with Gasteiger partial charge in [0, 0.05) is 26.7 Å². The Morgan fingerprint density at radius 3 is 2.52 bits per heavy atom. The normalized spacial score (nSPS) is 10.8. The number of amides is 1. The first-order chi connectivity index (χ1) is 11.0. The molecule has 0 atom stereocenters. The molecule has 118 valence electrons. The van der Waals surface area contributed by atoms with E-state index in [9.17, 15) is 4.79 Å². The van der Waals surface area contributed by atoms with Crippen molar-refractivity contribution in [2.75, 3.05) is 21.2 Å². The van der Waals surface area contributed by atoms with Crippen LogP contribution in [-0.4, -0.2) is 46.8 Å². The lowest BCUT2D eigenvalue weighted by Crippen LogP contribution is -2.22. The predicted octanol–water partition coefficient (Wildman–Crippen LogP) is 2.35. The Bertz CT molecular complexity index is 866. The van der Waals surface area contributed by atoms with E-state index in [4.69, 9.17) is 4.74 Å². The maximum absolute atomic E-state index is 12.5. The van der Waals surface area contributed by atoms with Gasteiger partial charge in [0.15, 0.2) is 5.65 Å². The molecule has 2 aromatic heterocycles. The number of ether oxygens (including phenoxy) is 1. The Morgan fingerprint density at radius 1 is 1.22 bits per heavy atom. The number of hydrogen-bond donors (Lipinski definition) is 0. The van der Waals surface area contributed by atoms with Crippen molar-refractivity contribution < 1.29 is 9.53 Å². The molecule has 0 N–H and O–H groups in total. The van der Waals surface area contributed by atoms with Gasteiger partial charge in [-0.3, -0.25) is 9.48 Å². The van der Waals surface area contributed by atoms with Crippen molar-refractivity contribution in [3.63, 3.8) is 0 Å². The summed E-state index contributed by atoms with van der Waals surface area (Å²) >= 11 is 0. The van der Waals surface area contributed by atoms with E-state index in [1.165, 1.54) is 0 Å². The van der Waals surface area contributed by atoms with E-state index in [2.05, 4.69) is 10.1 Å². The van der Waals surface area contributed by atoms with Crippen LogP contribution in [-0.2, 0) is 7.05 Å². The molecule has 3 aromatic rings. The summed E-state index contributed by atoms with van der Waals surface area (Å²) in [6, 6.07) is 9.41. The number of carbonyl (C=O) groups is 1. The summed E-state index contributed by atoms with van der Waals surface area (Å²) in [5.41, 5.74) is 2.93. The predicted molar refractivity (Wildman–Crippen MR) is 88.5 cm³/mol. The number of rotatable bonds is 3. The lowest BCUT2D eigenvalue weighted by Gasteiger charge is -2.12. The van der Waals surface area contributed by atoms with Crippen LogP contribution < -0.4 is 4.74 Å². The third-order valence-corrected chi connectivity index (χ3v) is 3.73. The summed E-state index contributed by atoms with van der Waals surface area (Å²) in [7, 11) is 6.91. The summed E-state index contributed by atoms with van der Waals surface area (Å²) in [6.45, 7) is 0. The molecular formula is C17H18N4O2. The SMILES string of the molecule is COc1ccc(-c2cc(C(=O)N(C)C)c3cnn(C)c3n2)cc1. The number of aromatic nitrogens is 3. The molecule has 0 fully saturated rings. The quantitative estimate of drug-likeness (QED) is 0.745. The van der Waals surface area contributed by atoms with Gasteiger partial charge in [-0.1, -0.05) is 0 Å². The minimum absolute atomic E-state index is 0.0693. The summed E-state index contributed by atoms with van der Waals surface area (Å²) in [5, 5.41) is 4.98. The average molecular weight is 310 g/mol. The van der Waals surface area contributed by atoms with Crippen molar-refractivity contribution in [2.24, 2.45) is 7.05 Å². The summed E-state index contributed by atoms with van der Waals surface area (Å²) in [4.78, 5) is 18.7. The first kappa shape index (κ1) is 15.0. The summed E-state index contributed by atoms with van der Waals surface area (Å²) in [6.07, 6.45) is 1.68. The Kier molecular flexibility index (Phi) is 3.73. The second kappa shape index (κ2) is 5.72. The molecule has 0 bridgehead atoms. The zero-order valence-electron chi connectivity index (χ0n) is 13.6. The maximum Gasteiger partial charge on any atom is 0.254 e. The third-order valence-electron chi connectivity index (χ3n) is 3.73. The van der Waals surface area contributed by atoms with Crippen molar-refractivity contribution in [3.05, 3.63) is 42.1 Å². The number of methoxy groups -OCH3 is 1. The molecule has 0 spiro atoms. The Labute approximate surface area is 134 Å². The molecule has 6 nitrogen and oxygen atoms in total. The molecule has 23 heavy (non-hydrogen) atoms. The molecule has 0 saturated carbocycles. The molecule has 0 aliphatic carbocycles. The maximum atomic E-state index is 12.5. The van der Waals surface area contributed by atoms with E-state index in [1.807, 2.05) is 37.4 Å². The van der Waals surface area contributed by atoms with Crippen LogP contribution in [0.2, 0.25) is 0 Å². The van der Waals surface area contributed by atoms with E-state index in [1.54, 1.807) is 37.0 Å². The van der Waals surface area contributed by atoms with Crippen molar-refractivity contribution >= 4 is 16.9 Å². The monoisotopic (exact) mass is 310 g/mol. The van der Waals surface area contributed by atoms with Crippen molar-refractivity contribution in [1.82, 2.24) is 19.7 Å². The summed E-state index contributed by atoms with van der Waals surface area (Å²) < 4.78 is 6.86. The Morgan fingerprint density at radius 2 is 1.91 bits per heavy atom. The van der Waals surface area contributed by atoms with E-state index in [-0.39, 0.29) is 5.91 Å². The highest BCUT2D eigenvalue weighted by atomic mass is 16.5. The van der Waals surface area contributed by atoms with Gasteiger partial charge in [0.05, 0.1) is 30.0 Å². The third kappa shape index (κ3) is 2.63. The molecule has 0 radical (unpaired) electrons. The molecule has 2 heterocycles. The Balaban J connectivity index is 2.20. The van der Waals surface area contributed by atoms with Crippen LogP contribution in [0.5, 0.6) is 5.75 Å². The minimum Gasteiger partial charge on any atom is -0.497 e. The fourth-order valence-corrected chi connectivity index (χ4v) is 2.44. The first-order valence-electron chi connectivity index (χ1n) is 7.20. The van der Waals surface area contributed by atoms with Crippen molar-refractivity contribution in [1.29, 1.82) is 0 Å². The van der Waals surface area contributed by atoms with Gasteiger partial charge in [0.1, 0.15) is 5.75 Å². The van der Waals surface area contributed by atoms with Crippen LogP contribution in [0.3, 0.4) is 0 Å². The van der Waals surface area contributed by atoms with Gasteiger partial charge in [-0.05, 0) is 30.3 Å². The van der Waals surface area contributed by atoms with E-state index < -0.39 is 0 Å². The highest BCUT2D eigenvalue weighted by molar-refractivity contribution is 6.06. The second-order valence-corrected chi connectivity index (χ2v) is 5.49. The lowest BCUT2D eigenvalue weighted by molar-refractivity contribution is 0.0829. The van der Waals surface area contributed by atoms with Gasteiger partial charge >= 0.3 is 0 Å². The van der Waals surface area contributed by atoms with Gasteiger partial charge < -0.3 is 9.64 Å². The molecule has 1 amide bonds. The highest BCUT2D eigenvalue weighted by Crippen LogP contribution is 2.26. The van der Waals surface area contributed by atoms with E-state index in [0.29, 0.717) is 11.2 Å².